The van der Waals surface area contributed by atoms with Crippen LogP contribution in [0.4, 0.5) is 0 Å². The molecule has 2 N–H and O–H groups in total. The Morgan fingerprint density at radius 3 is 2.52 bits per heavy atom. The van der Waals surface area contributed by atoms with Gasteiger partial charge in [-0.15, -0.1) is 0 Å². The Bertz CT molecular complexity index is 411. The summed E-state index contributed by atoms with van der Waals surface area (Å²) in [6.07, 6.45) is 11.0. The molecule has 116 valence electrons. The lowest BCUT2D eigenvalue weighted by molar-refractivity contribution is 0.132. The molecule has 0 spiro atoms. The molecule has 1 saturated carbocycles. The minimum Gasteiger partial charge on any atom is -0.329 e. The van der Waals surface area contributed by atoms with Gasteiger partial charge in [-0.3, -0.25) is 4.90 Å². The van der Waals surface area contributed by atoms with Crippen LogP contribution in [0, 0.1) is 5.92 Å². The van der Waals surface area contributed by atoms with Gasteiger partial charge in [0.25, 0.3) is 0 Å². The summed E-state index contributed by atoms with van der Waals surface area (Å²) in [7, 11) is 0. The van der Waals surface area contributed by atoms with Gasteiger partial charge in [0.15, 0.2) is 0 Å². The smallest absolute Gasteiger partial charge is 0.0224 e. The minimum absolute atomic E-state index is 0.582. The average Bonchev–Trinajstić information content (AvgIpc) is 3.20. The van der Waals surface area contributed by atoms with Crippen molar-refractivity contribution in [1.82, 2.24) is 4.90 Å². The van der Waals surface area contributed by atoms with E-state index in [2.05, 4.69) is 35.2 Å². The Morgan fingerprint density at radius 2 is 1.81 bits per heavy atom. The van der Waals surface area contributed by atoms with Crippen molar-refractivity contribution in [2.75, 3.05) is 13.1 Å². The number of benzene rings is 1. The molecule has 1 heterocycles. The first kappa shape index (κ1) is 15.1. The van der Waals surface area contributed by atoms with E-state index < -0.39 is 0 Å². The van der Waals surface area contributed by atoms with E-state index in [0.29, 0.717) is 6.04 Å². The van der Waals surface area contributed by atoms with Crippen LogP contribution < -0.4 is 5.73 Å². The summed E-state index contributed by atoms with van der Waals surface area (Å²) in [6.45, 7) is 2.09. The molecular formula is C19H30N2. The molecule has 2 unspecified atom stereocenters. The molecule has 0 aromatic heterocycles. The summed E-state index contributed by atoms with van der Waals surface area (Å²) in [4.78, 5) is 2.78. The highest BCUT2D eigenvalue weighted by molar-refractivity contribution is 5.14. The molecular weight excluding hydrogens is 256 g/mol. The van der Waals surface area contributed by atoms with E-state index in [-0.39, 0.29) is 0 Å². The van der Waals surface area contributed by atoms with Crippen LogP contribution in [0.3, 0.4) is 0 Å². The summed E-state index contributed by atoms with van der Waals surface area (Å²) in [5.74, 6) is 0.957. The Balaban J connectivity index is 1.59. The second-order valence-electron chi connectivity index (χ2n) is 6.91. The molecule has 1 aromatic carbocycles. The van der Waals surface area contributed by atoms with Gasteiger partial charge >= 0.3 is 0 Å². The quantitative estimate of drug-likeness (QED) is 0.865. The Labute approximate surface area is 129 Å². The van der Waals surface area contributed by atoms with Crippen LogP contribution in [0.1, 0.15) is 50.5 Å². The summed E-state index contributed by atoms with van der Waals surface area (Å²) in [5, 5.41) is 0. The van der Waals surface area contributed by atoms with Crippen molar-refractivity contribution in [2.24, 2.45) is 11.7 Å². The molecule has 2 nitrogen and oxygen atoms in total. The average molecular weight is 286 g/mol. The van der Waals surface area contributed by atoms with E-state index in [0.717, 1.165) is 24.9 Å². The van der Waals surface area contributed by atoms with Crippen LogP contribution in [0.25, 0.3) is 0 Å². The lowest BCUT2D eigenvalue weighted by Gasteiger charge is -2.35. The summed E-state index contributed by atoms with van der Waals surface area (Å²) in [5.41, 5.74) is 7.59. The van der Waals surface area contributed by atoms with Gasteiger partial charge in [-0.1, -0.05) is 43.2 Å². The molecule has 1 aliphatic heterocycles. The van der Waals surface area contributed by atoms with Crippen molar-refractivity contribution in [3.63, 3.8) is 0 Å². The molecule has 21 heavy (non-hydrogen) atoms. The topological polar surface area (TPSA) is 29.3 Å². The van der Waals surface area contributed by atoms with E-state index in [4.69, 9.17) is 5.73 Å². The number of hydrogen-bond acceptors (Lipinski definition) is 2. The monoisotopic (exact) mass is 286 g/mol. The van der Waals surface area contributed by atoms with Crippen LogP contribution in [0.5, 0.6) is 0 Å². The first-order valence-electron chi connectivity index (χ1n) is 8.88. The lowest BCUT2D eigenvalue weighted by Crippen LogP contribution is -2.46. The predicted octanol–water partition coefficient (Wildman–Crippen LogP) is 3.60. The SMILES string of the molecule is NCC(CCc1ccccc1)N1CCCC1C1CCCC1. The highest BCUT2D eigenvalue weighted by Crippen LogP contribution is 2.36. The second kappa shape index (κ2) is 7.42. The van der Waals surface area contributed by atoms with Gasteiger partial charge in [0, 0.05) is 18.6 Å². The number of aryl methyl sites for hydroxylation is 1. The molecule has 0 amide bonds. The van der Waals surface area contributed by atoms with Gasteiger partial charge in [0.2, 0.25) is 0 Å². The van der Waals surface area contributed by atoms with Crippen LogP contribution in [0.2, 0.25) is 0 Å². The first-order chi connectivity index (χ1) is 10.4. The lowest BCUT2D eigenvalue weighted by atomic mass is 9.94. The minimum atomic E-state index is 0.582. The van der Waals surface area contributed by atoms with Gasteiger partial charge in [0.05, 0.1) is 0 Å². The molecule has 3 rings (SSSR count). The van der Waals surface area contributed by atoms with Crippen LogP contribution in [-0.4, -0.2) is 30.1 Å². The molecule has 2 fully saturated rings. The normalized spacial score (nSPS) is 25.5. The predicted molar refractivity (Wildman–Crippen MR) is 89.3 cm³/mol. The van der Waals surface area contributed by atoms with E-state index >= 15 is 0 Å². The molecule has 2 heteroatoms. The second-order valence-corrected chi connectivity index (χ2v) is 6.91. The fourth-order valence-corrected chi connectivity index (χ4v) is 4.51. The van der Waals surface area contributed by atoms with Crippen molar-refractivity contribution < 1.29 is 0 Å². The van der Waals surface area contributed by atoms with E-state index in [1.807, 2.05) is 0 Å². The fourth-order valence-electron chi connectivity index (χ4n) is 4.51. The number of nitrogens with zero attached hydrogens (tertiary/aromatic N) is 1. The molecule has 1 aliphatic carbocycles. The Kier molecular flexibility index (Phi) is 5.32. The van der Waals surface area contributed by atoms with E-state index in [1.165, 1.54) is 57.1 Å². The van der Waals surface area contributed by atoms with Gasteiger partial charge in [-0.05, 0) is 56.6 Å². The fraction of sp³-hybridized carbons (Fsp3) is 0.684. The van der Waals surface area contributed by atoms with Gasteiger partial charge in [-0.2, -0.15) is 0 Å². The van der Waals surface area contributed by atoms with Gasteiger partial charge in [0.1, 0.15) is 0 Å². The third kappa shape index (κ3) is 3.67. The third-order valence-corrected chi connectivity index (χ3v) is 5.64. The maximum absolute atomic E-state index is 6.14. The van der Waals surface area contributed by atoms with Gasteiger partial charge < -0.3 is 5.73 Å². The van der Waals surface area contributed by atoms with Crippen LogP contribution >= 0.6 is 0 Å². The number of likely N-dealkylation sites (tertiary alicyclic amines) is 1. The maximum Gasteiger partial charge on any atom is 0.0224 e. The van der Waals surface area contributed by atoms with Crippen LogP contribution in [-0.2, 0) is 6.42 Å². The molecule has 1 aromatic rings. The number of hydrogen-bond donors (Lipinski definition) is 1. The summed E-state index contributed by atoms with van der Waals surface area (Å²) in [6, 6.07) is 12.3. The zero-order valence-electron chi connectivity index (χ0n) is 13.2. The summed E-state index contributed by atoms with van der Waals surface area (Å²) >= 11 is 0. The van der Waals surface area contributed by atoms with Crippen molar-refractivity contribution in [2.45, 2.75) is 63.5 Å². The Hall–Kier alpha value is -0.860. The standard InChI is InChI=1S/C19H30N2/c20-15-18(13-12-16-7-2-1-3-8-16)21-14-6-11-19(21)17-9-4-5-10-17/h1-3,7-8,17-19H,4-6,9-15,20H2. The van der Waals surface area contributed by atoms with Crippen molar-refractivity contribution in [3.05, 3.63) is 35.9 Å². The number of rotatable bonds is 6. The van der Waals surface area contributed by atoms with E-state index in [9.17, 15) is 0 Å². The molecule has 0 radical (unpaired) electrons. The first-order valence-corrected chi connectivity index (χ1v) is 8.88. The molecule has 2 atom stereocenters. The highest BCUT2D eigenvalue weighted by atomic mass is 15.2. The van der Waals surface area contributed by atoms with E-state index in [1.54, 1.807) is 0 Å². The summed E-state index contributed by atoms with van der Waals surface area (Å²) < 4.78 is 0. The van der Waals surface area contributed by atoms with Crippen molar-refractivity contribution >= 4 is 0 Å². The molecule has 0 bridgehead atoms. The third-order valence-electron chi connectivity index (χ3n) is 5.64. The molecule has 1 saturated heterocycles. The maximum atomic E-state index is 6.14. The highest BCUT2D eigenvalue weighted by Gasteiger charge is 2.36. The largest absolute Gasteiger partial charge is 0.329 e. The van der Waals surface area contributed by atoms with Crippen molar-refractivity contribution in [1.29, 1.82) is 0 Å². The number of nitrogens with two attached hydrogens (primary N) is 1. The van der Waals surface area contributed by atoms with Crippen molar-refractivity contribution in [3.8, 4) is 0 Å². The van der Waals surface area contributed by atoms with Crippen LogP contribution in [0.15, 0.2) is 30.3 Å². The zero-order valence-corrected chi connectivity index (χ0v) is 13.2. The van der Waals surface area contributed by atoms with Gasteiger partial charge in [-0.25, -0.2) is 0 Å². The zero-order chi connectivity index (χ0) is 14.5. The Morgan fingerprint density at radius 1 is 1.05 bits per heavy atom. The molecule has 2 aliphatic rings.